The van der Waals surface area contributed by atoms with Gasteiger partial charge < -0.3 is 5.11 Å². The van der Waals surface area contributed by atoms with E-state index in [2.05, 4.69) is 6.58 Å². The third-order valence-electron chi connectivity index (χ3n) is 4.91. The minimum atomic E-state index is -3.38. The van der Waals surface area contributed by atoms with Crippen molar-refractivity contribution in [3.8, 4) is 0 Å². The van der Waals surface area contributed by atoms with Gasteiger partial charge in [0.25, 0.3) is 0 Å². The maximum Gasteiger partial charge on any atom is 0.232 e. The second-order valence-electron chi connectivity index (χ2n) is 6.07. The molecule has 0 saturated heterocycles. The number of aliphatic hydroxyl groups excluding tert-OH is 1. The number of aliphatic hydroxyl groups is 1. The molecule has 1 heterocycles. The fourth-order valence-corrected chi connectivity index (χ4v) is 5.46. The molecule has 1 aromatic rings. The van der Waals surface area contributed by atoms with Crippen LogP contribution in [0.5, 0.6) is 0 Å². The first-order chi connectivity index (χ1) is 9.93. The SMILES string of the molecule is C=CC[C@]12c3ccccc3N(S(C)(=O)=O)[C@H]1CCC[C@H]2O. The average Bonchev–Trinajstić information content (AvgIpc) is 2.71. The van der Waals surface area contributed by atoms with Crippen molar-refractivity contribution in [1.82, 2.24) is 0 Å². The van der Waals surface area contributed by atoms with Gasteiger partial charge in [-0.05, 0) is 37.3 Å². The average molecular weight is 307 g/mol. The molecule has 0 aromatic heterocycles. The molecule has 5 heteroatoms. The maximum atomic E-state index is 12.3. The maximum absolute atomic E-state index is 12.3. The van der Waals surface area contributed by atoms with Crippen LogP contribution in [0.15, 0.2) is 36.9 Å². The van der Waals surface area contributed by atoms with Crippen molar-refractivity contribution in [3.63, 3.8) is 0 Å². The molecule has 1 fully saturated rings. The van der Waals surface area contributed by atoms with E-state index in [-0.39, 0.29) is 6.04 Å². The van der Waals surface area contributed by atoms with E-state index >= 15 is 0 Å². The van der Waals surface area contributed by atoms with Crippen molar-refractivity contribution >= 4 is 15.7 Å². The lowest BCUT2D eigenvalue weighted by Crippen LogP contribution is -2.55. The minimum absolute atomic E-state index is 0.216. The van der Waals surface area contributed by atoms with E-state index in [0.29, 0.717) is 18.5 Å². The highest BCUT2D eigenvalue weighted by molar-refractivity contribution is 7.92. The molecule has 0 spiro atoms. The van der Waals surface area contributed by atoms with Crippen LogP contribution in [0.1, 0.15) is 31.2 Å². The lowest BCUT2D eigenvalue weighted by atomic mass is 9.64. The van der Waals surface area contributed by atoms with Gasteiger partial charge in [-0.2, -0.15) is 0 Å². The Morgan fingerprint density at radius 3 is 2.81 bits per heavy atom. The van der Waals surface area contributed by atoms with Crippen molar-refractivity contribution in [2.75, 3.05) is 10.6 Å². The molecule has 0 unspecified atom stereocenters. The molecule has 1 saturated carbocycles. The summed E-state index contributed by atoms with van der Waals surface area (Å²) >= 11 is 0. The summed E-state index contributed by atoms with van der Waals surface area (Å²) in [6.07, 6.45) is 5.40. The number of para-hydroxylation sites is 1. The second-order valence-corrected chi connectivity index (χ2v) is 7.93. The monoisotopic (exact) mass is 307 g/mol. The van der Waals surface area contributed by atoms with E-state index in [0.717, 1.165) is 18.4 Å². The van der Waals surface area contributed by atoms with Crippen LogP contribution in [0.4, 0.5) is 5.69 Å². The summed E-state index contributed by atoms with van der Waals surface area (Å²) in [4.78, 5) is 0. The zero-order valence-electron chi connectivity index (χ0n) is 12.2. The van der Waals surface area contributed by atoms with Crippen molar-refractivity contribution in [2.45, 2.75) is 43.2 Å². The van der Waals surface area contributed by atoms with Gasteiger partial charge in [-0.1, -0.05) is 24.3 Å². The zero-order valence-corrected chi connectivity index (χ0v) is 13.0. The van der Waals surface area contributed by atoms with Gasteiger partial charge in [0.2, 0.25) is 10.0 Å². The normalized spacial score (nSPS) is 31.6. The molecule has 21 heavy (non-hydrogen) atoms. The Bertz CT molecular complexity index is 670. The van der Waals surface area contributed by atoms with Gasteiger partial charge in [-0.15, -0.1) is 6.58 Å². The summed E-state index contributed by atoms with van der Waals surface area (Å²) in [6.45, 7) is 3.83. The minimum Gasteiger partial charge on any atom is -0.392 e. The molecule has 4 nitrogen and oxygen atoms in total. The van der Waals surface area contributed by atoms with Gasteiger partial charge in [0.1, 0.15) is 0 Å². The molecular formula is C16H21NO3S. The Kier molecular flexibility index (Phi) is 3.37. The lowest BCUT2D eigenvalue weighted by molar-refractivity contribution is 0.0376. The fraction of sp³-hybridized carbons (Fsp3) is 0.500. The van der Waals surface area contributed by atoms with Gasteiger partial charge in [0.15, 0.2) is 0 Å². The highest BCUT2D eigenvalue weighted by Crippen LogP contribution is 2.54. The summed E-state index contributed by atoms with van der Waals surface area (Å²) in [5.41, 5.74) is 1.10. The molecule has 3 atom stereocenters. The van der Waals surface area contributed by atoms with Crippen LogP contribution in [-0.4, -0.2) is 31.9 Å². The van der Waals surface area contributed by atoms with E-state index in [1.807, 2.05) is 24.3 Å². The number of allylic oxidation sites excluding steroid dienone is 1. The number of nitrogens with zero attached hydrogens (tertiary/aromatic N) is 1. The van der Waals surface area contributed by atoms with E-state index < -0.39 is 21.5 Å². The summed E-state index contributed by atoms with van der Waals surface area (Å²) in [7, 11) is -3.38. The largest absolute Gasteiger partial charge is 0.392 e. The highest BCUT2D eigenvalue weighted by atomic mass is 32.2. The van der Waals surface area contributed by atoms with Crippen molar-refractivity contribution in [2.24, 2.45) is 0 Å². The van der Waals surface area contributed by atoms with E-state index in [1.54, 1.807) is 6.08 Å². The summed E-state index contributed by atoms with van der Waals surface area (Å²) in [5, 5.41) is 10.7. The van der Waals surface area contributed by atoms with E-state index in [4.69, 9.17) is 0 Å². The number of hydrogen-bond acceptors (Lipinski definition) is 3. The van der Waals surface area contributed by atoms with Crippen LogP contribution >= 0.6 is 0 Å². The number of benzene rings is 1. The molecule has 1 aliphatic heterocycles. The highest BCUT2D eigenvalue weighted by Gasteiger charge is 2.57. The Morgan fingerprint density at radius 2 is 2.14 bits per heavy atom. The van der Waals surface area contributed by atoms with Gasteiger partial charge in [-0.3, -0.25) is 4.31 Å². The Hall–Kier alpha value is -1.33. The number of fused-ring (bicyclic) bond motifs is 3. The first kappa shape index (κ1) is 14.6. The molecule has 0 amide bonds. The molecule has 0 radical (unpaired) electrons. The molecule has 1 aromatic carbocycles. The van der Waals surface area contributed by atoms with Gasteiger partial charge >= 0.3 is 0 Å². The molecule has 1 aliphatic carbocycles. The quantitative estimate of drug-likeness (QED) is 0.871. The van der Waals surface area contributed by atoms with Gasteiger partial charge in [-0.25, -0.2) is 8.42 Å². The molecule has 114 valence electrons. The van der Waals surface area contributed by atoms with Crippen LogP contribution in [0.3, 0.4) is 0 Å². The van der Waals surface area contributed by atoms with Crippen molar-refractivity contribution in [1.29, 1.82) is 0 Å². The molecule has 3 rings (SSSR count). The summed E-state index contributed by atoms with van der Waals surface area (Å²) in [6, 6.07) is 7.33. The number of hydrogen-bond donors (Lipinski definition) is 1. The lowest BCUT2D eigenvalue weighted by Gasteiger charge is -2.45. The van der Waals surface area contributed by atoms with Crippen molar-refractivity contribution in [3.05, 3.63) is 42.5 Å². The van der Waals surface area contributed by atoms with Crippen LogP contribution in [-0.2, 0) is 15.4 Å². The van der Waals surface area contributed by atoms with Crippen LogP contribution < -0.4 is 4.31 Å². The number of rotatable bonds is 3. The van der Waals surface area contributed by atoms with Crippen LogP contribution in [0.2, 0.25) is 0 Å². The van der Waals surface area contributed by atoms with Crippen LogP contribution in [0.25, 0.3) is 0 Å². The van der Waals surface area contributed by atoms with Crippen molar-refractivity contribution < 1.29 is 13.5 Å². The Balaban J connectivity index is 2.29. The smallest absolute Gasteiger partial charge is 0.232 e. The first-order valence-electron chi connectivity index (χ1n) is 7.31. The van der Waals surface area contributed by atoms with E-state index in [1.165, 1.54) is 10.6 Å². The predicted octanol–water partition coefficient (Wildman–Crippen LogP) is 2.19. The number of anilines is 1. The topological polar surface area (TPSA) is 57.6 Å². The third-order valence-corrected chi connectivity index (χ3v) is 6.08. The number of sulfonamides is 1. The van der Waals surface area contributed by atoms with Gasteiger partial charge in [0, 0.05) is 5.41 Å². The van der Waals surface area contributed by atoms with Gasteiger partial charge in [0.05, 0.1) is 24.1 Å². The van der Waals surface area contributed by atoms with Crippen LogP contribution in [0, 0.1) is 0 Å². The molecule has 1 N–H and O–H groups in total. The second kappa shape index (κ2) is 4.85. The molecule has 0 bridgehead atoms. The third kappa shape index (κ3) is 1.94. The Labute approximate surface area is 126 Å². The molecular weight excluding hydrogens is 286 g/mol. The van der Waals surface area contributed by atoms with E-state index in [9.17, 15) is 13.5 Å². The summed E-state index contributed by atoms with van der Waals surface area (Å²) in [5.74, 6) is 0. The first-order valence-corrected chi connectivity index (χ1v) is 9.15. The fourth-order valence-electron chi connectivity index (χ4n) is 4.19. The summed E-state index contributed by atoms with van der Waals surface area (Å²) < 4.78 is 26.2. The predicted molar refractivity (Wildman–Crippen MR) is 83.9 cm³/mol. The molecule has 2 aliphatic rings. The standard InChI is InChI=1S/C16H21NO3S/c1-3-11-16-12-7-4-5-8-13(12)17(21(2,19)20)14(16)9-6-10-15(16)18/h3-5,7-8,14-15,18H,1,6,9-11H2,2H3/t14-,15+,16-/m0/s1. The zero-order chi connectivity index (χ0) is 15.3. The Morgan fingerprint density at radius 1 is 1.43 bits per heavy atom.